The minimum absolute atomic E-state index is 0.00172. The first-order valence-electron chi connectivity index (χ1n) is 11.2. The van der Waals surface area contributed by atoms with E-state index in [1.165, 1.54) is 9.99 Å². The van der Waals surface area contributed by atoms with E-state index >= 15 is 0 Å². The molecule has 1 saturated heterocycles. The van der Waals surface area contributed by atoms with Gasteiger partial charge >= 0.3 is 0 Å². The molecule has 174 valence electrons. The van der Waals surface area contributed by atoms with E-state index in [1.807, 2.05) is 36.4 Å². The quantitative estimate of drug-likeness (QED) is 0.537. The molecular weight excluding hydrogens is 490 g/mol. The lowest BCUT2D eigenvalue weighted by atomic mass is 9.97. The number of anilines is 1. The van der Waals surface area contributed by atoms with E-state index in [4.69, 9.17) is 0 Å². The Morgan fingerprint density at radius 2 is 1.72 bits per heavy atom. The Balaban J connectivity index is 1.48. The summed E-state index contributed by atoms with van der Waals surface area (Å²) in [5.41, 5.74) is 3.00. The molecule has 0 saturated carbocycles. The summed E-state index contributed by atoms with van der Waals surface area (Å²) in [6.45, 7) is 7.44. The van der Waals surface area contributed by atoms with Crippen molar-refractivity contribution in [2.45, 2.75) is 39.0 Å². The van der Waals surface area contributed by atoms with Gasteiger partial charge < -0.3 is 10.2 Å². The molecule has 6 nitrogen and oxygen atoms in total. The molecule has 1 amide bonds. The predicted octanol–water partition coefficient (Wildman–Crippen LogP) is 4.15. The van der Waals surface area contributed by atoms with Crippen LogP contribution in [0.25, 0.3) is 0 Å². The maximum atomic E-state index is 12.8. The molecule has 1 N–H and O–H groups in total. The van der Waals surface area contributed by atoms with Crippen LogP contribution in [0, 0.1) is 5.92 Å². The second-order valence-corrected chi connectivity index (χ2v) is 11.0. The molecule has 2 aromatic rings. The minimum Gasteiger partial charge on any atom is -0.372 e. The first-order chi connectivity index (χ1) is 15.3. The lowest BCUT2D eigenvalue weighted by molar-refractivity contribution is -0.126. The largest absolute Gasteiger partial charge is 0.372 e. The van der Waals surface area contributed by atoms with E-state index in [2.05, 4.69) is 52.1 Å². The van der Waals surface area contributed by atoms with Crippen molar-refractivity contribution in [2.24, 2.45) is 5.92 Å². The van der Waals surface area contributed by atoms with Gasteiger partial charge in [-0.05, 0) is 62.1 Å². The Morgan fingerprint density at radius 3 is 2.31 bits per heavy atom. The number of carbonyl (C=O) groups is 1. The van der Waals surface area contributed by atoms with Crippen LogP contribution in [0.3, 0.4) is 0 Å². The lowest BCUT2D eigenvalue weighted by Crippen LogP contribution is -2.43. The van der Waals surface area contributed by atoms with Gasteiger partial charge in [0.2, 0.25) is 15.9 Å². The van der Waals surface area contributed by atoms with Gasteiger partial charge in [0.05, 0.1) is 5.75 Å². The van der Waals surface area contributed by atoms with Crippen molar-refractivity contribution < 1.29 is 13.2 Å². The zero-order chi connectivity index (χ0) is 23.1. The van der Waals surface area contributed by atoms with E-state index in [0.717, 1.165) is 28.7 Å². The summed E-state index contributed by atoms with van der Waals surface area (Å²) in [7, 11) is -3.40. The number of halogens is 1. The number of nitrogens with one attached hydrogen (secondary N) is 1. The minimum atomic E-state index is -3.40. The first-order valence-corrected chi connectivity index (χ1v) is 13.6. The van der Waals surface area contributed by atoms with Gasteiger partial charge in [-0.2, -0.15) is 0 Å². The van der Waals surface area contributed by atoms with Gasteiger partial charge in [0.1, 0.15) is 0 Å². The predicted molar refractivity (Wildman–Crippen MR) is 133 cm³/mol. The molecule has 8 heteroatoms. The van der Waals surface area contributed by atoms with Crippen LogP contribution < -0.4 is 10.2 Å². The highest BCUT2D eigenvalue weighted by Crippen LogP contribution is 2.23. The molecule has 2 aromatic carbocycles. The Hall–Kier alpha value is -1.90. The van der Waals surface area contributed by atoms with Gasteiger partial charge in [-0.15, -0.1) is 0 Å². The number of sulfonamides is 1. The van der Waals surface area contributed by atoms with Crippen LogP contribution in [0.4, 0.5) is 5.69 Å². The number of rotatable bonds is 9. The highest BCUT2D eigenvalue weighted by Gasteiger charge is 2.31. The number of carbonyl (C=O) groups excluding carboxylic acids is 1. The fourth-order valence-electron chi connectivity index (χ4n) is 4.07. The standard InChI is InChI=1S/C24H32BrN3O3S/c1-3-27(4-2)23-10-8-19(9-11-23)17-26-24(29)21-12-14-28(15-13-21)32(30,31)18-20-6-5-7-22(25)16-20/h5-11,16,21H,3-4,12-15,17-18H2,1-2H3,(H,26,29). The van der Waals surface area contributed by atoms with E-state index in [9.17, 15) is 13.2 Å². The Morgan fingerprint density at radius 1 is 1.06 bits per heavy atom. The summed E-state index contributed by atoms with van der Waals surface area (Å²) < 4.78 is 27.9. The fourth-order valence-corrected chi connectivity index (χ4v) is 6.07. The molecule has 32 heavy (non-hydrogen) atoms. The number of nitrogens with zero attached hydrogens (tertiary/aromatic N) is 2. The van der Waals surface area contributed by atoms with Crippen LogP contribution in [0.5, 0.6) is 0 Å². The highest BCUT2D eigenvalue weighted by molar-refractivity contribution is 9.10. The van der Waals surface area contributed by atoms with Crippen molar-refractivity contribution >= 4 is 37.5 Å². The molecule has 1 heterocycles. The summed E-state index contributed by atoms with van der Waals surface area (Å²) in [5, 5.41) is 3.02. The monoisotopic (exact) mass is 521 g/mol. The second-order valence-electron chi connectivity index (χ2n) is 8.12. The van der Waals surface area contributed by atoms with Crippen LogP contribution >= 0.6 is 15.9 Å². The normalized spacial score (nSPS) is 15.5. The smallest absolute Gasteiger partial charge is 0.223 e. The Bertz CT molecular complexity index is 999. The molecule has 0 unspecified atom stereocenters. The fraction of sp³-hybridized carbons (Fsp3) is 0.458. The third kappa shape index (κ3) is 6.56. The summed E-state index contributed by atoms with van der Waals surface area (Å²) >= 11 is 3.38. The van der Waals surface area contributed by atoms with E-state index in [1.54, 1.807) is 0 Å². The summed E-state index contributed by atoms with van der Waals surface area (Å²) in [4.78, 5) is 14.9. The Kier molecular flexibility index (Phi) is 8.73. The van der Waals surface area contributed by atoms with Gasteiger partial charge in [-0.1, -0.05) is 40.2 Å². The molecule has 1 aliphatic heterocycles. The van der Waals surface area contributed by atoms with Crippen LogP contribution in [0.1, 0.15) is 37.8 Å². The topological polar surface area (TPSA) is 69.7 Å². The molecule has 0 atom stereocenters. The van der Waals surface area contributed by atoms with Crippen molar-refractivity contribution in [2.75, 3.05) is 31.1 Å². The third-order valence-corrected chi connectivity index (χ3v) is 8.33. The van der Waals surface area contributed by atoms with Gasteiger partial charge in [0.15, 0.2) is 0 Å². The number of piperidine rings is 1. The summed E-state index contributed by atoms with van der Waals surface area (Å²) in [6, 6.07) is 15.6. The maximum Gasteiger partial charge on any atom is 0.223 e. The molecule has 0 radical (unpaired) electrons. The molecule has 1 fully saturated rings. The molecular formula is C24H32BrN3O3S. The zero-order valence-electron chi connectivity index (χ0n) is 18.8. The molecule has 0 bridgehead atoms. The number of amides is 1. The number of hydrogen-bond donors (Lipinski definition) is 1. The molecule has 0 aliphatic carbocycles. The lowest BCUT2D eigenvalue weighted by Gasteiger charge is -2.30. The van der Waals surface area contributed by atoms with Crippen molar-refractivity contribution in [3.05, 3.63) is 64.1 Å². The van der Waals surface area contributed by atoms with Crippen molar-refractivity contribution in [3.8, 4) is 0 Å². The van der Waals surface area contributed by atoms with E-state index < -0.39 is 10.0 Å². The van der Waals surface area contributed by atoms with Crippen molar-refractivity contribution in [3.63, 3.8) is 0 Å². The molecule has 0 aromatic heterocycles. The average molecular weight is 523 g/mol. The highest BCUT2D eigenvalue weighted by atomic mass is 79.9. The SMILES string of the molecule is CCN(CC)c1ccc(CNC(=O)C2CCN(S(=O)(=O)Cc3cccc(Br)c3)CC2)cc1. The second kappa shape index (κ2) is 11.3. The number of hydrogen-bond acceptors (Lipinski definition) is 4. The summed E-state index contributed by atoms with van der Waals surface area (Å²) in [6.07, 6.45) is 1.09. The first kappa shape index (κ1) is 24.7. The van der Waals surface area contributed by atoms with Gasteiger partial charge in [-0.3, -0.25) is 4.79 Å². The third-order valence-electron chi connectivity index (χ3n) is 5.99. The van der Waals surface area contributed by atoms with Gasteiger partial charge in [0.25, 0.3) is 0 Å². The van der Waals surface area contributed by atoms with Crippen molar-refractivity contribution in [1.29, 1.82) is 0 Å². The van der Waals surface area contributed by atoms with Crippen LogP contribution in [0.15, 0.2) is 53.0 Å². The zero-order valence-corrected chi connectivity index (χ0v) is 21.2. The van der Waals surface area contributed by atoms with Gasteiger partial charge in [0, 0.05) is 48.8 Å². The van der Waals surface area contributed by atoms with Crippen molar-refractivity contribution in [1.82, 2.24) is 9.62 Å². The number of benzene rings is 2. The molecule has 3 rings (SSSR count). The van der Waals surface area contributed by atoms with E-state index in [0.29, 0.717) is 32.5 Å². The molecule has 1 aliphatic rings. The van der Waals surface area contributed by atoms with Crippen LogP contribution in [-0.2, 0) is 27.1 Å². The van der Waals surface area contributed by atoms with Crippen LogP contribution in [0.2, 0.25) is 0 Å². The van der Waals surface area contributed by atoms with Crippen LogP contribution in [-0.4, -0.2) is 44.8 Å². The van der Waals surface area contributed by atoms with Gasteiger partial charge in [-0.25, -0.2) is 12.7 Å². The summed E-state index contributed by atoms with van der Waals surface area (Å²) in [5.74, 6) is -0.170. The van der Waals surface area contributed by atoms with E-state index in [-0.39, 0.29) is 17.6 Å². The molecule has 0 spiro atoms. The maximum absolute atomic E-state index is 12.8. The average Bonchev–Trinajstić information content (AvgIpc) is 2.79. The Labute approximate surface area is 200 Å².